The van der Waals surface area contributed by atoms with Gasteiger partial charge in [0, 0.05) is 11.1 Å². The third-order valence-electron chi connectivity index (χ3n) is 6.07. The fourth-order valence-electron chi connectivity index (χ4n) is 4.34. The number of anilines is 1. The maximum atomic E-state index is 13.5. The summed E-state index contributed by atoms with van der Waals surface area (Å²) in [4.78, 5) is 32.9. The molecule has 1 saturated heterocycles. The van der Waals surface area contributed by atoms with Gasteiger partial charge < -0.3 is 14.6 Å². The summed E-state index contributed by atoms with van der Waals surface area (Å²) in [7, 11) is 1.53. The number of nitrogens with zero attached hydrogens (tertiary/aromatic N) is 2. The lowest BCUT2D eigenvalue weighted by Gasteiger charge is -2.24. The molecule has 0 spiro atoms. The van der Waals surface area contributed by atoms with E-state index in [-0.39, 0.29) is 11.3 Å². The molecule has 0 saturated carbocycles. The highest BCUT2D eigenvalue weighted by molar-refractivity contribution is 7.22. The lowest BCUT2D eigenvalue weighted by Crippen LogP contribution is -2.29. The second-order valence-electron chi connectivity index (χ2n) is 8.34. The first-order valence-corrected chi connectivity index (χ1v) is 12.3. The number of rotatable bonds is 6. The summed E-state index contributed by atoms with van der Waals surface area (Å²) in [6.45, 7) is 4.36. The number of aliphatic hydroxyl groups is 1. The van der Waals surface area contributed by atoms with Crippen LogP contribution in [0.5, 0.6) is 11.5 Å². The van der Waals surface area contributed by atoms with Crippen LogP contribution < -0.4 is 14.4 Å². The Kier molecular flexibility index (Phi) is 6.20. The van der Waals surface area contributed by atoms with E-state index < -0.39 is 17.7 Å². The molecule has 0 radical (unpaired) electrons. The quantitative estimate of drug-likeness (QED) is 0.209. The molecule has 0 aliphatic carbocycles. The first-order chi connectivity index (χ1) is 17.4. The van der Waals surface area contributed by atoms with Gasteiger partial charge in [0.2, 0.25) is 0 Å². The molecule has 0 unspecified atom stereocenters. The van der Waals surface area contributed by atoms with Crippen LogP contribution in [0.25, 0.3) is 16.0 Å². The molecule has 36 heavy (non-hydrogen) atoms. The Morgan fingerprint density at radius 2 is 1.83 bits per heavy atom. The topological polar surface area (TPSA) is 89.0 Å². The van der Waals surface area contributed by atoms with Crippen LogP contribution in [0.2, 0.25) is 0 Å². The van der Waals surface area contributed by atoms with Gasteiger partial charge in [0.05, 0.1) is 29.5 Å². The van der Waals surface area contributed by atoms with Crippen molar-refractivity contribution in [3.63, 3.8) is 0 Å². The van der Waals surface area contributed by atoms with E-state index in [4.69, 9.17) is 9.47 Å². The highest BCUT2D eigenvalue weighted by Gasteiger charge is 2.49. The molecule has 1 fully saturated rings. The van der Waals surface area contributed by atoms with Crippen molar-refractivity contribution in [1.82, 2.24) is 4.98 Å². The number of hydrogen-bond acceptors (Lipinski definition) is 7. The van der Waals surface area contributed by atoms with Crippen LogP contribution in [-0.4, -0.2) is 35.5 Å². The number of aryl methyl sites for hydroxylation is 1. The molecule has 2 heterocycles. The van der Waals surface area contributed by atoms with Gasteiger partial charge in [-0.1, -0.05) is 59.4 Å². The number of benzene rings is 3. The largest absolute Gasteiger partial charge is 0.507 e. The molecule has 8 heteroatoms. The third kappa shape index (κ3) is 3.99. The highest BCUT2D eigenvalue weighted by atomic mass is 32.1. The Hall–Kier alpha value is -4.17. The maximum absolute atomic E-state index is 13.5. The predicted molar refractivity (Wildman–Crippen MR) is 140 cm³/mol. The number of fused-ring (bicyclic) bond motifs is 1. The van der Waals surface area contributed by atoms with E-state index in [9.17, 15) is 14.7 Å². The minimum absolute atomic E-state index is 0.0115. The SMILES string of the molecule is CCOc1ccc2nc(N3C(=O)C(=O)/C(=C(/O)c4ccc(C)cc4)[C@H]3c3ccccc3OC)sc2c1. The minimum Gasteiger partial charge on any atom is -0.507 e. The van der Waals surface area contributed by atoms with Crippen molar-refractivity contribution < 1.29 is 24.2 Å². The zero-order valence-corrected chi connectivity index (χ0v) is 20.8. The number of ether oxygens (including phenoxy) is 2. The Labute approximate surface area is 212 Å². The molecular weight excluding hydrogens is 476 g/mol. The second-order valence-corrected chi connectivity index (χ2v) is 9.35. The fraction of sp³-hybridized carbons (Fsp3) is 0.179. The molecule has 1 N–H and O–H groups in total. The van der Waals surface area contributed by atoms with Gasteiger partial charge in [-0.2, -0.15) is 0 Å². The van der Waals surface area contributed by atoms with E-state index >= 15 is 0 Å². The number of Topliss-reactive ketones (excluding diaryl/α,β-unsaturated/α-hetero) is 1. The zero-order chi connectivity index (χ0) is 25.4. The van der Waals surface area contributed by atoms with E-state index in [0.717, 1.165) is 10.3 Å². The van der Waals surface area contributed by atoms with Gasteiger partial charge in [-0.15, -0.1) is 0 Å². The number of para-hydroxylation sites is 1. The smallest absolute Gasteiger partial charge is 0.301 e. The van der Waals surface area contributed by atoms with Crippen molar-refractivity contribution in [2.75, 3.05) is 18.6 Å². The third-order valence-corrected chi connectivity index (χ3v) is 7.09. The summed E-state index contributed by atoms with van der Waals surface area (Å²) in [6.07, 6.45) is 0. The molecular formula is C28H24N2O5S. The summed E-state index contributed by atoms with van der Waals surface area (Å²) in [5.74, 6) is -0.597. The zero-order valence-electron chi connectivity index (χ0n) is 20.0. The van der Waals surface area contributed by atoms with Crippen molar-refractivity contribution in [3.8, 4) is 11.5 Å². The Balaban J connectivity index is 1.72. The number of carbonyl (C=O) groups excluding carboxylic acids is 2. The number of amides is 1. The molecule has 5 rings (SSSR count). The van der Waals surface area contributed by atoms with Crippen LogP contribution in [0.3, 0.4) is 0 Å². The standard InChI is InChI=1S/C28H24N2O5S/c1-4-35-18-13-14-20-22(15-18)36-28(29-20)30-24(19-7-5-6-8-21(19)34-3)23(26(32)27(30)33)25(31)17-11-9-16(2)10-12-17/h5-15,24,31H,4H2,1-3H3/b25-23+/t24-/m1/s1. The molecule has 182 valence electrons. The van der Waals surface area contributed by atoms with Gasteiger partial charge in [-0.25, -0.2) is 4.98 Å². The molecule has 1 atom stereocenters. The van der Waals surface area contributed by atoms with Gasteiger partial charge in [-0.3, -0.25) is 14.5 Å². The lowest BCUT2D eigenvalue weighted by atomic mass is 9.94. The van der Waals surface area contributed by atoms with E-state index in [1.165, 1.54) is 23.3 Å². The summed E-state index contributed by atoms with van der Waals surface area (Å²) < 4.78 is 12.0. The van der Waals surface area contributed by atoms with Crippen molar-refractivity contribution in [2.45, 2.75) is 19.9 Å². The van der Waals surface area contributed by atoms with Crippen LogP contribution in [0.15, 0.2) is 72.3 Å². The van der Waals surface area contributed by atoms with Gasteiger partial charge in [0.1, 0.15) is 23.3 Å². The fourth-order valence-corrected chi connectivity index (χ4v) is 5.36. The van der Waals surface area contributed by atoms with Gasteiger partial charge in [0.15, 0.2) is 5.13 Å². The summed E-state index contributed by atoms with van der Waals surface area (Å²) in [5, 5.41) is 11.6. The first-order valence-electron chi connectivity index (χ1n) is 11.5. The highest BCUT2D eigenvalue weighted by Crippen LogP contribution is 2.46. The summed E-state index contributed by atoms with van der Waals surface area (Å²) in [6, 6.07) is 18.9. The molecule has 7 nitrogen and oxygen atoms in total. The van der Waals surface area contributed by atoms with Gasteiger partial charge in [-0.05, 0) is 38.1 Å². The predicted octanol–water partition coefficient (Wildman–Crippen LogP) is 5.64. The summed E-state index contributed by atoms with van der Waals surface area (Å²) in [5.41, 5.74) is 2.70. The minimum atomic E-state index is -0.922. The first kappa shape index (κ1) is 23.6. The van der Waals surface area contributed by atoms with Crippen molar-refractivity contribution in [1.29, 1.82) is 0 Å². The number of methoxy groups -OCH3 is 1. The molecule has 1 amide bonds. The van der Waals surface area contributed by atoms with Crippen LogP contribution in [0.4, 0.5) is 5.13 Å². The number of thiazole rings is 1. The Morgan fingerprint density at radius 1 is 1.08 bits per heavy atom. The number of aliphatic hydroxyl groups excluding tert-OH is 1. The molecule has 4 aromatic rings. The van der Waals surface area contributed by atoms with E-state index in [2.05, 4.69) is 4.98 Å². The molecule has 3 aromatic carbocycles. The van der Waals surface area contributed by atoms with Crippen LogP contribution >= 0.6 is 11.3 Å². The average molecular weight is 501 g/mol. The number of carbonyl (C=O) groups is 2. The molecule has 1 aliphatic rings. The Morgan fingerprint density at radius 3 is 2.56 bits per heavy atom. The molecule has 1 aromatic heterocycles. The molecule has 1 aliphatic heterocycles. The van der Waals surface area contributed by atoms with Gasteiger partial charge in [0.25, 0.3) is 5.78 Å². The average Bonchev–Trinajstić information content (AvgIpc) is 3.42. The second kappa shape index (κ2) is 9.47. The number of ketones is 1. The van der Waals surface area contributed by atoms with Gasteiger partial charge >= 0.3 is 5.91 Å². The maximum Gasteiger partial charge on any atom is 0.301 e. The molecule has 0 bridgehead atoms. The van der Waals surface area contributed by atoms with E-state index in [1.807, 2.05) is 44.2 Å². The van der Waals surface area contributed by atoms with Crippen LogP contribution in [0.1, 0.15) is 29.7 Å². The number of aromatic nitrogens is 1. The van der Waals surface area contributed by atoms with E-state index in [1.54, 1.807) is 36.4 Å². The van der Waals surface area contributed by atoms with E-state index in [0.29, 0.717) is 39.9 Å². The Bertz CT molecular complexity index is 1510. The normalized spacial score (nSPS) is 17.1. The van der Waals surface area contributed by atoms with Crippen LogP contribution in [0, 0.1) is 6.92 Å². The van der Waals surface area contributed by atoms with Crippen molar-refractivity contribution in [3.05, 3.63) is 89.0 Å². The van der Waals surface area contributed by atoms with Crippen LogP contribution in [-0.2, 0) is 9.59 Å². The number of hydrogen-bond donors (Lipinski definition) is 1. The lowest BCUT2D eigenvalue weighted by molar-refractivity contribution is -0.132. The van der Waals surface area contributed by atoms with Crippen molar-refractivity contribution in [2.24, 2.45) is 0 Å². The van der Waals surface area contributed by atoms with Crippen molar-refractivity contribution >= 4 is 44.1 Å². The summed E-state index contributed by atoms with van der Waals surface area (Å²) >= 11 is 1.28. The monoisotopic (exact) mass is 500 g/mol.